The number of carbonyl (C=O) groups excluding carboxylic acids is 1. The van der Waals surface area contributed by atoms with E-state index in [1.165, 1.54) is 0 Å². The van der Waals surface area contributed by atoms with Gasteiger partial charge in [0.25, 0.3) is 0 Å². The van der Waals surface area contributed by atoms with Crippen molar-refractivity contribution in [3.8, 4) is 22.8 Å². The van der Waals surface area contributed by atoms with E-state index in [0.29, 0.717) is 11.9 Å². The lowest BCUT2D eigenvalue weighted by Crippen LogP contribution is -2.50. The van der Waals surface area contributed by atoms with Gasteiger partial charge in [-0.25, -0.2) is 9.97 Å². The Kier molecular flexibility index (Phi) is 8.12. The first-order chi connectivity index (χ1) is 16.7. The summed E-state index contributed by atoms with van der Waals surface area (Å²) >= 11 is 0. The van der Waals surface area contributed by atoms with Gasteiger partial charge in [-0.15, -0.1) is 0 Å². The monoisotopic (exact) mass is 458 g/mol. The second-order valence-electron chi connectivity index (χ2n) is 8.74. The van der Waals surface area contributed by atoms with Crippen LogP contribution in [-0.2, 0) is 4.79 Å². The second kappa shape index (κ2) is 11.6. The Morgan fingerprint density at radius 3 is 2.32 bits per heavy atom. The Morgan fingerprint density at radius 1 is 0.941 bits per heavy atom. The highest BCUT2D eigenvalue weighted by Gasteiger charge is 2.27. The van der Waals surface area contributed by atoms with E-state index in [0.717, 1.165) is 74.6 Å². The number of carbonyl (C=O) groups is 1. The number of piperazine rings is 1. The summed E-state index contributed by atoms with van der Waals surface area (Å²) in [5.74, 6) is 2.78. The molecule has 1 atom stereocenters. The predicted octanol–water partition coefficient (Wildman–Crippen LogP) is 5.80. The molecular weight excluding hydrogens is 424 g/mol. The summed E-state index contributed by atoms with van der Waals surface area (Å²) in [5, 5.41) is 0. The molecule has 6 heteroatoms. The van der Waals surface area contributed by atoms with Crippen LogP contribution in [-0.4, -0.2) is 47.0 Å². The smallest absolute Gasteiger partial charge is 0.225 e. The highest BCUT2D eigenvalue weighted by Crippen LogP contribution is 2.26. The molecule has 1 saturated heterocycles. The van der Waals surface area contributed by atoms with Gasteiger partial charge >= 0.3 is 0 Å². The minimum absolute atomic E-state index is 0.153. The number of amides is 1. The average molecular weight is 459 g/mol. The first-order valence-corrected chi connectivity index (χ1v) is 12.4. The van der Waals surface area contributed by atoms with Crippen LogP contribution in [0.1, 0.15) is 39.5 Å². The summed E-state index contributed by atoms with van der Waals surface area (Å²) in [5.41, 5.74) is 1.89. The van der Waals surface area contributed by atoms with Gasteiger partial charge in [-0.05, 0) is 55.3 Å². The van der Waals surface area contributed by atoms with Gasteiger partial charge in [-0.2, -0.15) is 0 Å². The van der Waals surface area contributed by atoms with Crippen molar-refractivity contribution in [2.45, 2.75) is 39.5 Å². The van der Waals surface area contributed by atoms with E-state index >= 15 is 0 Å². The molecule has 1 aromatic heterocycles. The molecule has 1 amide bonds. The predicted molar refractivity (Wildman–Crippen MR) is 136 cm³/mol. The molecule has 0 bridgehead atoms. The Labute approximate surface area is 202 Å². The zero-order valence-corrected chi connectivity index (χ0v) is 20.2. The van der Waals surface area contributed by atoms with Crippen LogP contribution >= 0.6 is 0 Å². The molecule has 0 aliphatic carbocycles. The molecular formula is C28H34N4O2. The largest absolute Gasteiger partial charge is 0.457 e. The molecule has 1 aliphatic heterocycles. The Bertz CT molecular complexity index is 1050. The third kappa shape index (κ3) is 5.93. The maximum Gasteiger partial charge on any atom is 0.225 e. The maximum atomic E-state index is 12.9. The van der Waals surface area contributed by atoms with E-state index in [-0.39, 0.29) is 5.92 Å². The molecule has 0 saturated carbocycles. The number of nitrogens with zero attached hydrogens (tertiary/aromatic N) is 4. The van der Waals surface area contributed by atoms with Crippen molar-refractivity contribution in [1.82, 2.24) is 14.9 Å². The van der Waals surface area contributed by atoms with E-state index in [9.17, 15) is 4.79 Å². The molecule has 3 aromatic rings. The van der Waals surface area contributed by atoms with Gasteiger partial charge in [-0.3, -0.25) is 4.79 Å². The first kappa shape index (κ1) is 23.7. The van der Waals surface area contributed by atoms with Gasteiger partial charge < -0.3 is 14.5 Å². The maximum absolute atomic E-state index is 12.9. The number of hydrogen-bond acceptors (Lipinski definition) is 5. The summed E-state index contributed by atoms with van der Waals surface area (Å²) in [6.45, 7) is 7.25. The third-order valence-electron chi connectivity index (χ3n) is 6.39. The number of rotatable bonds is 9. The van der Waals surface area contributed by atoms with Crippen LogP contribution in [0.3, 0.4) is 0 Å². The van der Waals surface area contributed by atoms with Gasteiger partial charge in [0.05, 0.1) is 5.69 Å². The lowest BCUT2D eigenvalue weighted by Gasteiger charge is -2.36. The van der Waals surface area contributed by atoms with Crippen molar-refractivity contribution in [2.24, 2.45) is 5.92 Å². The number of anilines is 1. The van der Waals surface area contributed by atoms with E-state index in [2.05, 4.69) is 23.7 Å². The SMILES string of the molecule is CCCC[C@H](CC)C(=O)N1CCN(c2nccc(-c3ccc(Oc4ccccc4)cc3)n2)CC1. The molecule has 2 aromatic carbocycles. The average Bonchev–Trinajstić information content (AvgIpc) is 2.90. The Hall–Kier alpha value is -3.41. The Balaban J connectivity index is 1.37. The molecule has 2 heterocycles. The quantitative estimate of drug-likeness (QED) is 0.405. The van der Waals surface area contributed by atoms with Crippen molar-refractivity contribution < 1.29 is 9.53 Å². The van der Waals surface area contributed by atoms with Crippen LogP contribution < -0.4 is 9.64 Å². The molecule has 4 rings (SSSR count). The van der Waals surface area contributed by atoms with Crippen LogP contribution in [0.15, 0.2) is 66.9 Å². The van der Waals surface area contributed by atoms with Crippen LogP contribution in [0.4, 0.5) is 5.95 Å². The van der Waals surface area contributed by atoms with E-state index < -0.39 is 0 Å². The first-order valence-electron chi connectivity index (χ1n) is 12.4. The van der Waals surface area contributed by atoms with Gasteiger partial charge in [0.2, 0.25) is 11.9 Å². The topological polar surface area (TPSA) is 58.6 Å². The number of ether oxygens (including phenoxy) is 1. The van der Waals surface area contributed by atoms with Gasteiger partial charge in [0, 0.05) is 43.9 Å². The van der Waals surface area contributed by atoms with E-state index in [1.54, 1.807) is 6.20 Å². The zero-order chi connectivity index (χ0) is 23.8. The minimum Gasteiger partial charge on any atom is -0.457 e. The summed E-state index contributed by atoms with van der Waals surface area (Å²) in [4.78, 5) is 26.4. The number of hydrogen-bond donors (Lipinski definition) is 0. The minimum atomic E-state index is 0.153. The zero-order valence-electron chi connectivity index (χ0n) is 20.2. The number of benzene rings is 2. The molecule has 0 N–H and O–H groups in total. The van der Waals surface area contributed by atoms with Gasteiger partial charge in [0.15, 0.2) is 0 Å². The lowest BCUT2D eigenvalue weighted by molar-refractivity contribution is -0.136. The fourth-order valence-corrected chi connectivity index (χ4v) is 4.32. The fourth-order valence-electron chi connectivity index (χ4n) is 4.32. The van der Waals surface area contributed by atoms with Crippen LogP contribution in [0, 0.1) is 5.92 Å². The van der Waals surface area contributed by atoms with Crippen LogP contribution in [0.5, 0.6) is 11.5 Å². The summed E-state index contributed by atoms with van der Waals surface area (Å²) in [6.07, 6.45) is 5.96. The number of unbranched alkanes of at least 4 members (excludes halogenated alkanes) is 1. The highest BCUT2D eigenvalue weighted by molar-refractivity contribution is 5.79. The van der Waals surface area contributed by atoms with Crippen molar-refractivity contribution in [1.29, 1.82) is 0 Å². The summed E-state index contributed by atoms with van der Waals surface area (Å²) in [7, 11) is 0. The van der Waals surface area contributed by atoms with E-state index in [4.69, 9.17) is 9.72 Å². The molecule has 1 aliphatic rings. The van der Waals surface area contributed by atoms with E-state index in [1.807, 2.05) is 65.6 Å². The van der Waals surface area contributed by atoms with Gasteiger partial charge in [-0.1, -0.05) is 44.9 Å². The van der Waals surface area contributed by atoms with Crippen LogP contribution in [0.2, 0.25) is 0 Å². The number of aromatic nitrogens is 2. The standard InChI is InChI=1S/C28H34N4O2/c1-3-5-9-22(4-2)27(33)31-18-20-32(21-19-31)28-29-17-16-26(30-28)23-12-14-25(15-13-23)34-24-10-7-6-8-11-24/h6-8,10-17,22H,3-5,9,18-21H2,1-2H3/t22-/m0/s1. The molecule has 0 spiro atoms. The number of para-hydroxylation sites is 1. The van der Waals surface area contributed by atoms with Crippen molar-refractivity contribution in [3.05, 3.63) is 66.9 Å². The molecule has 0 radical (unpaired) electrons. The summed E-state index contributed by atoms with van der Waals surface area (Å²) < 4.78 is 5.89. The molecule has 6 nitrogen and oxygen atoms in total. The van der Waals surface area contributed by atoms with Crippen molar-refractivity contribution in [2.75, 3.05) is 31.1 Å². The van der Waals surface area contributed by atoms with Crippen molar-refractivity contribution >= 4 is 11.9 Å². The molecule has 34 heavy (non-hydrogen) atoms. The Morgan fingerprint density at radius 2 is 1.65 bits per heavy atom. The van der Waals surface area contributed by atoms with Crippen LogP contribution in [0.25, 0.3) is 11.3 Å². The highest BCUT2D eigenvalue weighted by atomic mass is 16.5. The molecule has 0 unspecified atom stereocenters. The molecule has 178 valence electrons. The summed E-state index contributed by atoms with van der Waals surface area (Å²) in [6, 6.07) is 19.6. The molecule has 1 fully saturated rings. The van der Waals surface area contributed by atoms with Crippen molar-refractivity contribution in [3.63, 3.8) is 0 Å². The third-order valence-corrected chi connectivity index (χ3v) is 6.39. The fraction of sp³-hybridized carbons (Fsp3) is 0.393. The van der Waals surface area contributed by atoms with Gasteiger partial charge in [0.1, 0.15) is 11.5 Å². The lowest BCUT2D eigenvalue weighted by atomic mass is 9.97. The second-order valence-corrected chi connectivity index (χ2v) is 8.74. The normalized spacial score (nSPS) is 14.6.